The summed E-state index contributed by atoms with van der Waals surface area (Å²) in [5.74, 6) is -0.504. The Labute approximate surface area is 119 Å². The zero-order valence-corrected chi connectivity index (χ0v) is 11.5. The molecule has 0 bridgehead atoms. The highest BCUT2D eigenvalue weighted by molar-refractivity contribution is 5.92. The summed E-state index contributed by atoms with van der Waals surface area (Å²) in [5, 5.41) is 6.43. The molecule has 0 aliphatic carbocycles. The average Bonchev–Trinajstić information content (AvgIpc) is 2.75. The molecule has 4 nitrogen and oxygen atoms in total. The lowest BCUT2D eigenvalue weighted by Gasteiger charge is -2.12. The highest BCUT2D eigenvalue weighted by Gasteiger charge is 2.32. The molecule has 112 valence electrons. The Bertz CT molecular complexity index is 642. The second kappa shape index (κ2) is 5.59. The van der Waals surface area contributed by atoms with Crippen molar-refractivity contribution in [1.29, 1.82) is 0 Å². The lowest BCUT2D eigenvalue weighted by atomic mass is 10.1. The van der Waals surface area contributed by atoms with Crippen LogP contribution in [0, 0.1) is 6.92 Å². The van der Waals surface area contributed by atoms with Gasteiger partial charge in [0.05, 0.1) is 5.56 Å². The van der Waals surface area contributed by atoms with Gasteiger partial charge in [0.2, 0.25) is 0 Å². The molecule has 2 aromatic rings. The van der Waals surface area contributed by atoms with Gasteiger partial charge in [-0.2, -0.15) is 18.3 Å². The van der Waals surface area contributed by atoms with Crippen LogP contribution in [0.2, 0.25) is 0 Å². The van der Waals surface area contributed by atoms with Gasteiger partial charge < -0.3 is 5.32 Å². The average molecular weight is 297 g/mol. The summed E-state index contributed by atoms with van der Waals surface area (Å²) in [6, 6.07) is 6.72. The number of carbonyl (C=O) groups excluding carboxylic acids is 1. The van der Waals surface area contributed by atoms with Crippen molar-refractivity contribution >= 4 is 5.91 Å². The maximum absolute atomic E-state index is 12.8. The summed E-state index contributed by atoms with van der Waals surface area (Å²) in [6.45, 7) is 1.58. The standard InChI is InChI=1S/C14H14F3N3O/c1-9-7-12(19-20(9)2)13(21)18-8-10-5-3-4-6-11(10)14(15,16)17/h3-7H,8H2,1-2H3,(H,18,21). The van der Waals surface area contributed by atoms with E-state index < -0.39 is 17.6 Å². The number of halogens is 3. The lowest BCUT2D eigenvalue weighted by molar-refractivity contribution is -0.138. The number of nitrogens with zero attached hydrogens (tertiary/aromatic N) is 2. The van der Waals surface area contributed by atoms with E-state index in [2.05, 4.69) is 10.4 Å². The van der Waals surface area contributed by atoms with Gasteiger partial charge in [-0.15, -0.1) is 0 Å². The Morgan fingerprint density at radius 1 is 1.33 bits per heavy atom. The second-order valence-corrected chi connectivity index (χ2v) is 4.63. The van der Waals surface area contributed by atoms with Gasteiger partial charge in [0.25, 0.3) is 5.91 Å². The van der Waals surface area contributed by atoms with E-state index in [1.807, 2.05) is 0 Å². The SMILES string of the molecule is Cc1cc(C(=O)NCc2ccccc2C(F)(F)F)nn1C. The van der Waals surface area contributed by atoms with E-state index in [0.29, 0.717) is 0 Å². The highest BCUT2D eigenvalue weighted by Crippen LogP contribution is 2.31. The van der Waals surface area contributed by atoms with Crippen molar-refractivity contribution in [2.75, 3.05) is 0 Å². The summed E-state index contributed by atoms with van der Waals surface area (Å²) in [5.41, 5.74) is 0.240. The van der Waals surface area contributed by atoms with E-state index >= 15 is 0 Å². The summed E-state index contributed by atoms with van der Waals surface area (Å²) in [6.07, 6.45) is -4.44. The topological polar surface area (TPSA) is 46.9 Å². The normalized spacial score (nSPS) is 11.5. The van der Waals surface area contributed by atoms with Crippen LogP contribution in [-0.2, 0) is 19.8 Å². The Kier molecular flexibility index (Phi) is 4.02. The molecule has 7 heteroatoms. The quantitative estimate of drug-likeness (QED) is 0.947. The van der Waals surface area contributed by atoms with Gasteiger partial charge in [-0.05, 0) is 24.6 Å². The van der Waals surface area contributed by atoms with Crippen molar-refractivity contribution in [3.63, 3.8) is 0 Å². The summed E-state index contributed by atoms with van der Waals surface area (Å²) in [7, 11) is 1.69. The third-order valence-electron chi connectivity index (χ3n) is 3.11. The fraction of sp³-hybridized carbons (Fsp3) is 0.286. The molecule has 1 amide bonds. The molecule has 2 rings (SSSR count). The summed E-state index contributed by atoms with van der Waals surface area (Å²) >= 11 is 0. The summed E-state index contributed by atoms with van der Waals surface area (Å²) < 4.78 is 40.0. The predicted molar refractivity (Wildman–Crippen MR) is 70.6 cm³/mol. The first-order chi connectivity index (χ1) is 9.79. The Morgan fingerprint density at radius 3 is 2.57 bits per heavy atom. The highest BCUT2D eigenvalue weighted by atomic mass is 19.4. The molecule has 0 aliphatic rings. The zero-order chi connectivity index (χ0) is 15.6. The van der Waals surface area contributed by atoms with Crippen molar-refractivity contribution in [3.8, 4) is 0 Å². The first-order valence-corrected chi connectivity index (χ1v) is 6.23. The van der Waals surface area contributed by atoms with Crippen LogP contribution in [0.1, 0.15) is 27.3 Å². The molecule has 1 N–H and O–H groups in total. The van der Waals surface area contributed by atoms with Crippen LogP contribution in [0.5, 0.6) is 0 Å². The van der Waals surface area contributed by atoms with Crippen molar-refractivity contribution in [1.82, 2.24) is 15.1 Å². The molecular weight excluding hydrogens is 283 g/mol. The number of benzene rings is 1. The van der Waals surface area contributed by atoms with Crippen LogP contribution in [0.3, 0.4) is 0 Å². The molecule has 0 fully saturated rings. The number of aryl methyl sites for hydroxylation is 2. The van der Waals surface area contributed by atoms with E-state index in [4.69, 9.17) is 0 Å². The van der Waals surface area contributed by atoms with E-state index in [1.54, 1.807) is 20.0 Å². The number of hydrogen-bond acceptors (Lipinski definition) is 2. The lowest BCUT2D eigenvalue weighted by Crippen LogP contribution is -2.25. The van der Waals surface area contributed by atoms with Crippen molar-refractivity contribution in [2.24, 2.45) is 7.05 Å². The van der Waals surface area contributed by atoms with Crippen molar-refractivity contribution < 1.29 is 18.0 Å². The van der Waals surface area contributed by atoms with Crippen LogP contribution in [0.15, 0.2) is 30.3 Å². The van der Waals surface area contributed by atoms with Crippen molar-refractivity contribution in [3.05, 3.63) is 52.8 Å². The number of carbonyl (C=O) groups is 1. The maximum Gasteiger partial charge on any atom is 0.416 e. The first kappa shape index (κ1) is 15.1. The van der Waals surface area contributed by atoms with E-state index in [0.717, 1.165) is 11.8 Å². The monoisotopic (exact) mass is 297 g/mol. The minimum absolute atomic E-state index is 0.0194. The van der Waals surface area contributed by atoms with Crippen molar-refractivity contribution in [2.45, 2.75) is 19.6 Å². The summed E-state index contributed by atoms with van der Waals surface area (Å²) in [4.78, 5) is 11.9. The Hall–Kier alpha value is -2.31. The molecule has 0 saturated heterocycles. The number of aromatic nitrogens is 2. The smallest absolute Gasteiger partial charge is 0.347 e. The molecule has 1 aromatic heterocycles. The molecule has 0 unspecified atom stereocenters. The molecule has 0 spiro atoms. The van der Waals surface area contributed by atoms with Gasteiger partial charge in [0, 0.05) is 19.3 Å². The fourth-order valence-corrected chi connectivity index (χ4v) is 1.89. The Morgan fingerprint density at radius 2 is 2.00 bits per heavy atom. The molecule has 1 heterocycles. The van der Waals surface area contributed by atoms with Gasteiger partial charge >= 0.3 is 6.18 Å². The number of amides is 1. The molecule has 0 aliphatic heterocycles. The maximum atomic E-state index is 12.8. The third-order valence-corrected chi connectivity index (χ3v) is 3.11. The van der Waals surface area contributed by atoms with Gasteiger partial charge in [-0.25, -0.2) is 0 Å². The van der Waals surface area contributed by atoms with E-state index in [1.165, 1.54) is 22.9 Å². The number of hydrogen-bond donors (Lipinski definition) is 1. The van der Waals surface area contributed by atoms with E-state index in [9.17, 15) is 18.0 Å². The number of rotatable bonds is 3. The van der Waals surface area contributed by atoms with Gasteiger partial charge in [0.1, 0.15) is 5.69 Å². The minimum Gasteiger partial charge on any atom is -0.347 e. The number of alkyl halides is 3. The van der Waals surface area contributed by atoms with Crippen LogP contribution in [0.4, 0.5) is 13.2 Å². The van der Waals surface area contributed by atoms with Gasteiger partial charge in [-0.3, -0.25) is 9.48 Å². The first-order valence-electron chi connectivity index (χ1n) is 6.23. The van der Waals surface area contributed by atoms with Gasteiger partial charge in [0.15, 0.2) is 0 Å². The predicted octanol–water partition coefficient (Wildman–Crippen LogP) is 2.68. The third kappa shape index (κ3) is 3.42. The fourth-order valence-electron chi connectivity index (χ4n) is 1.89. The molecular formula is C14H14F3N3O. The Balaban J connectivity index is 2.12. The van der Waals surface area contributed by atoms with Crippen LogP contribution in [-0.4, -0.2) is 15.7 Å². The molecule has 1 aromatic carbocycles. The van der Waals surface area contributed by atoms with Crippen LogP contribution in [0.25, 0.3) is 0 Å². The van der Waals surface area contributed by atoms with Gasteiger partial charge in [-0.1, -0.05) is 18.2 Å². The molecule has 0 atom stereocenters. The molecule has 0 radical (unpaired) electrons. The molecule has 0 saturated carbocycles. The van der Waals surface area contributed by atoms with Crippen LogP contribution < -0.4 is 5.32 Å². The zero-order valence-electron chi connectivity index (χ0n) is 11.5. The second-order valence-electron chi connectivity index (χ2n) is 4.63. The van der Waals surface area contributed by atoms with Crippen LogP contribution >= 0.6 is 0 Å². The molecule has 21 heavy (non-hydrogen) atoms. The minimum atomic E-state index is -4.44. The largest absolute Gasteiger partial charge is 0.416 e. The van der Waals surface area contributed by atoms with E-state index in [-0.39, 0.29) is 17.8 Å². The number of nitrogens with one attached hydrogen (secondary N) is 1.